The second kappa shape index (κ2) is 2.48. The molecule has 2 aliphatic rings. The van der Waals surface area contributed by atoms with E-state index in [2.05, 4.69) is 0 Å². The van der Waals surface area contributed by atoms with Gasteiger partial charge in [0.2, 0.25) is 0 Å². The molecular weight excluding hydrogens is 136 g/mol. The van der Waals surface area contributed by atoms with Crippen molar-refractivity contribution >= 4 is 0 Å². The monoisotopic (exact) mass is 154 g/mol. The lowest BCUT2D eigenvalue weighted by molar-refractivity contribution is -0.0369. The maximum absolute atomic E-state index is 9.88. The third-order valence-corrected chi connectivity index (χ3v) is 3.35. The zero-order chi connectivity index (χ0) is 7.90. The van der Waals surface area contributed by atoms with Gasteiger partial charge >= 0.3 is 0 Å². The van der Waals surface area contributed by atoms with Crippen molar-refractivity contribution in [1.29, 1.82) is 0 Å². The van der Waals surface area contributed by atoms with Gasteiger partial charge in [-0.25, -0.2) is 0 Å². The Morgan fingerprint density at radius 2 is 1.73 bits per heavy atom. The molecule has 2 saturated carbocycles. The van der Waals surface area contributed by atoms with Crippen molar-refractivity contribution in [3.8, 4) is 0 Å². The third kappa shape index (κ3) is 1.58. The van der Waals surface area contributed by atoms with Gasteiger partial charge < -0.3 is 5.11 Å². The molecule has 2 atom stereocenters. The summed E-state index contributed by atoms with van der Waals surface area (Å²) in [7, 11) is 0. The van der Waals surface area contributed by atoms with Crippen LogP contribution in [0.4, 0.5) is 0 Å². The lowest BCUT2D eigenvalue weighted by Crippen LogP contribution is -2.38. The van der Waals surface area contributed by atoms with Gasteiger partial charge in [-0.15, -0.1) is 0 Å². The molecule has 0 amide bonds. The van der Waals surface area contributed by atoms with Gasteiger partial charge in [0.1, 0.15) is 0 Å². The Balaban J connectivity index is 2.05. The molecule has 2 fully saturated rings. The molecule has 0 aromatic rings. The second-order valence-corrected chi connectivity index (χ2v) is 4.80. The molecule has 0 aromatic carbocycles. The Morgan fingerprint density at radius 1 is 1.18 bits per heavy atom. The summed E-state index contributed by atoms with van der Waals surface area (Å²) in [5, 5.41) is 9.88. The zero-order valence-electron chi connectivity index (χ0n) is 7.34. The molecule has 0 spiro atoms. The first-order valence-electron chi connectivity index (χ1n) is 4.88. The summed E-state index contributed by atoms with van der Waals surface area (Å²) in [6.07, 6.45) is 7.66. The van der Waals surface area contributed by atoms with Gasteiger partial charge in [0.05, 0.1) is 5.60 Å². The fraction of sp³-hybridized carbons (Fsp3) is 1.00. The van der Waals surface area contributed by atoms with E-state index in [1.54, 1.807) is 0 Å². The summed E-state index contributed by atoms with van der Waals surface area (Å²) in [5.74, 6) is 1.69. The highest BCUT2D eigenvalue weighted by molar-refractivity contribution is 4.89. The minimum Gasteiger partial charge on any atom is -0.390 e. The van der Waals surface area contributed by atoms with E-state index in [9.17, 15) is 5.11 Å². The van der Waals surface area contributed by atoms with E-state index < -0.39 is 0 Å². The molecule has 11 heavy (non-hydrogen) atoms. The van der Waals surface area contributed by atoms with E-state index >= 15 is 0 Å². The minimum absolute atomic E-state index is 0.325. The summed E-state index contributed by atoms with van der Waals surface area (Å²) >= 11 is 0. The first kappa shape index (κ1) is 7.60. The van der Waals surface area contributed by atoms with Crippen molar-refractivity contribution in [3.05, 3.63) is 0 Å². The van der Waals surface area contributed by atoms with E-state index in [-0.39, 0.29) is 5.60 Å². The Hall–Kier alpha value is -0.0400. The van der Waals surface area contributed by atoms with E-state index in [4.69, 9.17) is 0 Å². The van der Waals surface area contributed by atoms with Gasteiger partial charge in [-0.3, -0.25) is 0 Å². The second-order valence-electron chi connectivity index (χ2n) is 4.80. The van der Waals surface area contributed by atoms with Crippen molar-refractivity contribution < 1.29 is 5.11 Å². The van der Waals surface area contributed by atoms with Crippen molar-refractivity contribution in [2.45, 2.75) is 51.0 Å². The summed E-state index contributed by atoms with van der Waals surface area (Å²) in [6, 6.07) is 0. The van der Waals surface area contributed by atoms with Crippen molar-refractivity contribution in [2.24, 2.45) is 11.8 Å². The Labute approximate surface area is 68.8 Å². The molecule has 2 aliphatic carbocycles. The normalized spacial score (nSPS) is 50.7. The predicted molar refractivity (Wildman–Crippen MR) is 45.3 cm³/mol. The SMILES string of the molecule is CC1(O)CC2CCCC(C2)C1. The molecule has 0 saturated heterocycles. The van der Waals surface area contributed by atoms with Gasteiger partial charge in [-0.2, -0.15) is 0 Å². The molecule has 1 nitrogen and oxygen atoms in total. The van der Waals surface area contributed by atoms with Crippen molar-refractivity contribution in [2.75, 3.05) is 0 Å². The molecule has 2 rings (SSSR count). The molecule has 1 N–H and O–H groups in total. The number of fused-ring (bicyclic) bond motifs is 2. The van der Waals surface area contributed by atoms with E-state index in [0.29, 0.717) is 0 Å². The number of aliphatic hydroxyl groups is 1. The van der Waals surface area contributed by atoms with Crippen LogP contribution in [0.15, 0.2) is 0 Å². The highest BCUT2D eigenvalue weighted by Gasteiger charge is 2.37. The van der Waals surface area contributed by atoms with Crippen LogP contribution in [-0.4, -0.2) is 10.7 Å². The van der Waals surface area contributed by atoms with Crippen LogP contribution in [0.5, 0.6) is 0 Å². The molecule has 2 unspecified atom stereocenters. The topological polar surface area (TPSA) is 20.2 Å². The van der Waals surface area contributed by atoms with Crippen LogP contribution in [0.3, 0.4) is 0 Å². The summed E-state index contributed by atoms with van der Waals surface area (Å²) in [6.45, 7) is 2.01. The fourth-order valence-corrected chi connectivity index (χ4v) is 3.10. The van der Waals surface area contributed by atoms with Crippen LogP contribution >= 0.6 is 0 Å². The number of hydrogen-bond acceptors (Lipinski definition) is 1. The van der Waals surface area contributed by atoms with Crippen LogP contribution in [0, 0.1) is 11.8 Å². The lowest BCUT2D eigenvalue weighted by Gasteiger charge is -2.42. The number of rotatable bonds is 0. The molecule has 2 bridgehead atoms. The summed E-state index contributed by atoms with van der Waals surface area (Å²) < 4.78 is 0. The van der Waals surface area contributed by atoms with Gasteiger partial charge in [-0.05, 0) is 38.0 Å². The zero-order valence-corrected chi connectivity index (χ0v) is 7.34. The maximum atomic E-state index is 9.88. The fourth-order valence-electron chi connectivity index (χ4n) is 3.10. The molecule has 1 heteroatoms. The van der Waals surface area contributed by atoms with Crippen molar-refractivity contribution in [3.63, 3.8) is 0 Å². The van der Waals surface area contributed by atoms with Crippen LogP contribution in [0.25, 0.3) is 0 Å². The number of hydrogen-bond donors (Lipinski definition) is 1. The average molecular weight is 154 g/mol. The lowest BCUT2D eigenvalue weighted by atomic mass is 9.67. The first-order chi connectivity index (χ1) is 5.16. The molecule has 0 radical (unpaired) electrons. The Bertz CT molecular complexity index is 137. The summed E-state index contributed by atoms with van der Waals surface area (Å²) in [5.41, 5.74) is -0.325. The molecule has 0 aromatic heterocycles. The molecule has 0 heterocycles. The van der Waals surface area contributed by atoms with Gasteiger partial charge in [0.15, 0.2) is 0 Å². The molecule has 64 valence electrons. The Morgan fingerprint density at radius 3 is 2.27 bits per heavy atom. The van der Waals surface area contributed by atoms with Crippen molar-refractivity contribution in [1.82, 2.24) is 0 Å². The highest BCUT2D eigenvalue weighted by Crippen LogP contribution is 2.43. The maximum Gasteiger partial charge on any atom is 0.0625 e. The highest BCUT2D eigenvalue weighted by atomic mass is 16.3. The minimum atomic E-state index is -0.325. The molecule has 0 aliphatic heterocycles. The van der Waals surface area contributed by atoms with E-state index in [1.165, 1.54) is 25.7 Å². The largest absolute Gasteiger partial charge is 0.390 e. The smallest absolute Gasteiger partial charge is 0.0625 e. The molecular formula is C10H18O. The summed E-state index contributed by atoms with van der Waals surface area (Å²) in [4.78, 5) is 0. The van der Waals surface area contributed by atoms with Gasteiger partial charge in [0.25, 0.3) is 0 Å². The van der Waals surface area contributed by atoms with Crippen LogP contribution < -0.4 is 0 Å². The predicted octanol–water partition coefficient (Wildman–Crippen LogP) is 2.34. The third-order valence-electron chi connectivity index (χ3n) is 3.35. The van der Waals surface area contributed by atoms with Crippen LogP contribution in [0.1, 0.15) is 45.4 Å². The standard InChI is InChI=1S/C10H18O/c1-10(11)6-8-3-2-4-9(5-8)7-10/h8-9,11H,2-7H2,1H3. The van der Waals surface area contributed by atoms with E-state index in [0.717, 1.165) is 24.7 Å². The van der Waals surface area contributed by atoms with Gasteiger partial charge in [-0.1, -0.05) is 19.3 Å². The first-order valence-corrected chi connectivity index (χ1v) is 4.88. The van der Waals surface area contributed by atoms with Crippen LogP contribution in [0.2, 0.25) is 0 Å². The van der Waals surface area contributed by atoms with Crippen LogP contribution in [-0.2, 0) is 0 Å². The van der Waals surface area contributed by atoms with Gasteiger partial charge in [0, 0.05) is 0 Å². The quantitative estimate of drug-likeness (QED) is 0.568. The van der Waals surface area contributed by atoms with E-state index in [1.807, 2.05) is 6.92 Å². The average Bonchev–Trinajstić information content (AvgIpc) is 1.82. The Kier molecular flexibility index (Phi) is 1.71.